The Balaban J connectivity index is 1.56. The molecule has 3 rings (SSSR count). The van der Waals surface area contributed by atoms with E-state index in [4.69, 9.17) is 4.74 Å². The molecule has 5 nitrogen and oxygen atoms in total. The fraction of sp³-hybridized carbons (Fsp3) is 0.600. The van der Waals surface area contributed by atoms with Crippen LogP contribution in [-0.4, -0.2) is 27.9 Å². The topological polar surface area (TPSA) is 52.0 Å². The third kappa shape index (κ3) is 3.33. The van der Waals surface area contributed by atoms with Crippen LogP contribution in [0, 0.1) is 19.8 Å². The lowest BCUT2D eigenvalue weighted by atomic mass is 9.97. The number of nitrogens with one attached hydrogen (secondary N) is 1. The van der Waals surface area contributed by atoms with Gasteiger partial charge in [-0.1, -0.05) is 0 Å². The van der Waals surface area contributed by atoms with E-state index in [1.807, 2.05) is 17.9 Å². The molecule has 21 heavy (non-hydrogen) atoms. The molecule has 0 unspecified atom stereocenters. The van der Waals surface area contributed by atoms with Gasteiger partial charge in [0.25, 0.3) is 0 Å². The molecule has 0 saturated carbocycles. The molecule has 1 N–H and O–H groups in total. The average molecular weight is 306 g/mol. The van der Waals surface area contributed by atoms with Crippen LogP contribution in [0.2, 0.25) is 0 Å². The Hall–Kier alpha value is -1.24. The highest BCUT2D eigenvalue weighted by Gasteiger charge is 2.30. The molecule has 1 aliphatic rings. The van der Waals surface area contributed by atoms with Crippen LogP contribution in [0.1, 0.15) is 33.7 Å². The van der Waals surface area contributed by atoms with E-state index in [2.05, 4.69) is 35.4 Å². The molecule has 1 fully saturated rings. The molecule has 1 aliphatic heterocycles. The lowest BCUT2D eigenvalue weighted by Crippen LogP contribution is -2.24. The van der Waals surface area contributed by atoms with Gasteiger partial charge in [-0.15, -0.1) is 11.3 Å². The van der Waals surface area contributed by atoms with Crippen LogP contribution < -0.4 is 5.32 Å². The highest BCUT2D eigenvalue weighted by Crippen LogP contribution is 2.33. The van der Waals surface area contributed by atoms with Crippen LogP contribution in [0.25, 0.3) is 0 Å². The second-order valence-corrected chi connectivity index (χ2v) is 6.95. The first-order valence-electron chi connectivity index (χ1n) is 7.37. The van der Waals surface area contributed by atoms with Crippen molar-refractivity contribution in [3.05, 3.63) is 33.5 Å². The minimum absolute atomic E-state index is 0.176. The van der Waals surface area contributed by atoms with Crippen molar-refractivity contribution >= 4 is 11.3 Å². The monoisotopic (exact) mass is 306 g/mol. The van der Waals surface area contributed by atoms with Gasteiger partial charge < -0.3 is 10.1 Å². The predicted molar refractivity (Wildman–Crippen MR) is 83.3 cm³/mol. The lowest BCUT2D eigenvalue weighted by Gasteiger charge is -2.17. The van der Waals surface area contributed by atoms with Crippen molar-refractivity contribution in [2.75, 3.05) is 13.2 Å². The van der Waals surface area contributed by atoms with Gasteiger partial charge >= 0.3 is 0 Å². The maximum atomic E-state index is 5.89. The second-order valence-electron chi connectivity index (χ2n) is 5.66. The van der Waals surface area contributed by atoms with Gasteiger partial charge in [0.15, 0.2) is 0 Å². The van der Waals surface area contributed by atoms with E-state index in [9.17, 15) is 0 Å². The maximum absolute atomic E-state index is 5.89. The SMILES string of the molecule is Cc1nc(C)c(CNC[C@@H]2CCO[C@@H]2c2cnn(C)c2)s1. The van der Waals surface area contributed by atoms with Crippen LogP contribution in [0.5, 0.6) is 0 Å². The number of aryl methyl sites for hydroxylation is 3. The summed E-state index contributed by atoms with van der Waals surface area (Å²) in [6.07, 6.45) is 5.25. The van der Waals surface area contributed by atoms with E-state index in [1.54, 1.807) is 11.3 Å². The van der Waals surface area contributed by atoms with Crippen molar-refractivity contribution in [1.29, 1.82) is 0 Å². The molecule has 0 aromatic carbocycles. The zero-order valence-electron chi connectivity index (χ0n) is 12.8. The second kappa shape index (κ2) is 6.25. The molecule has 0 radical (unpaired) electrons. The Kier molecular flexibility index (Phi) is 4.37. The number of hydrogen-bond donors (Lipinski definition) is 1. The summed E-state index contributed by atoms with van der Waals surface area (Å²) < 4.78 is 7.73. The van der Waals surface area contributed by atoms with Crippen molar-refractivity contribution < 1.29 is 4.74 Å². The first-order chi connectivity index (χ1) is 10.1. The molecule has 0 spiro atoms. The third-order valence-electron chi connectivity index (χ3n) is 3.96. The molecule has 2 aromatic rings. The molecular formula is C15H22N4OS. The standard InChI is InChI=1S/C15H22N4OS/c1-10-14(21-11(2)18-10)8-16-6-12-4-5-20-15(12)13-7-17-19(3)9-13/h7,9,12,15-16H,4-6,8H2,1-3H3/t12-,15-/m0/s1. The first-order valence-corrected chi connectivity index (χ1v) is 8.19. The fourth-order valence-electron chi connectivity index (χ4n) is 2.91. The Labute approximate surface area is 129 Å². The molecular weight excluding hydrogens is 284 g/mol. The summed E-state index contributed by atoms with van der Waals surface area (Å²) in [5.41, 5.74) is 2.34. The van der Waals surface area contributed by atoms with Gasteiger partial charge in [-0.05, 0) is 20.3 Å². The van der Waals surface area contributed by atoms with Crippen LogP contribution >= 0.6 is 11.3 Å². The molecule has 0 aliphatic carbocycles. The van der Waals surface area contributed by atoms with Crippen LogP contribution in [0.15, 0.2) is 12.4 Å². The van der Waals surface area contributed by atoms with Crippen LogP contribution in [0.4, 0.5) is 0 Å². The van der Waals surface area contributed by atoms with Crippen LogP contribution in [-0.2, 0) is 18.3 Å². The molecule has 114 valence electrons. The van der Waals surface area contributed by atoms with Crippen molar-refractivity contribution in [2.45, 2.75) is 32.9 Å². The summed E-state index contributed by atoms with van der Waals surface area (Å²) in [5, 5.41) is 8.96. The first kappa shape index (κ1) is 14.7. The summed E-state index contributed by atoms with van der Waals surface area (Å²) in [6, 6.07) is 0. The van der Waals surface area contributed by atoms with Gasteiger partial charge in [0.1, 0.15) is 0 Å². The highest BCUT2D eigenvalue weighted by atomic mass is 32.1. The Bertz CT molecular complexity index is 607. The van der Waals surface area contributed by atoms with Gasteiger partial charge in [0.05, 0.1) is 23.0 Å². The van der Waals surface area contributed by atoms with Crippen molar-refractivity contribution in [1.82, 2.24) is 20.1 Å². The van der Waals surface area contributed by atoms with E-state index < -0.39 is 0 Å². The van der Waals surface area contributed by atoms with E-state index in [0.29, 0.717) is 5.92 Å². The van der Waals surface area contributed by atoms with E-state index in [-0.39, 0.29) is 6.10 Å². The molecule has 6 heteroatoms. The summed E-state index contributed by atoms with van der Waals surface area (Å²) >= 11 is 1.78. The number of nitrogens with zero attached hydrogens (tertiary/aromatic N) is 3. The summed E-state index contributed by atoms with van der Waals surface area (Å²) in [4.78, 5) is 5.81. The van der Waals surface area contributed by atoms with Crippen molar-refractivity contribution in [3.8, 4) is 0 Å². The average Bonchev–Trinajstić information content (AvgIpc) is 3.11. The predicted octanol–water partition coefficient (Wildman–Crippen LogP) is 2.36. The highest BCUT2D eigenvalue weighted by molar-refractivity contribution is 7.11. The fourth-order valence-corrected chi connectivity index (χ4v) is 3.81. The zero-order valence-corrected chi connectivity index (χ0v) is 13.6. The molecule has 2 aromatic heterocycles. The lowest BCUT2D eigenvalue weighted by molar-refractivity contribution is 0.0904. The third-order valence-corrected chi connectivity index (χ3v) is 5.03. The zero-order chi connectivity index (χ0) is 14.8. The summed E-state index contributed by atoms with van der Waals surface area (Å²) in [5.74, 6) is 0.517. The van der Waals surface area contributed by atoms with E-state index in [0.717, 1.165) is 36.8 Å². The summed E-state index contributed by atoms with van der Waals surface area (Å²) in [7, 11) is 1.95. The Morgan fingerprint density at radius 2 is 2.33 bits per heavy atom. The van der Waals surface area contributed by atoms with Gasteiger partial charge in [-0.25, -0.2) is 4.98 Å². The Morgan fingerprint density at radius 1 is 1.48 bits per heavy atom. The van der Waals surface area contributed by atoms with Gasteiger partial charge in [-0.3, -0.25) is 4.68 Å². The number of thiazole rings is 1. The van der Waals surface area contributed by atoms with Gasteiger partial charge in [-0.2, -0.15) is 5.10 Å². The number of rotatable bonds is 5. The molecule has 2 atom stereocenters. The number of ether oxygens (including phenoxy) is 1. The van der Waals surface area contributed by atoms with Gasteiger partial charge in [0, 0.05) is 49.3 Å². The summed E-state index contributed by atoms with van der Waals surface area (Å²) in [6.45, 7) is 6.84. The molecule has 0 bridgehead atoms. The quantitative estimate of drug-likeness (QED) is 0.921. The largest absolute Gasteiger partial charge is 0.373 e. The van der Waals surface area contributed by atoms with Gasteiger partial charge in [0.2, 0.25) is 0 Å². The minimum atomic E-state index is 0.176. The Morgan fingerprint density at radius 3 is 3.00 bits per heavy atom. The minimum Gasteiger partial charge on any atom is -0.373 e. The number of hydrogen-bond acceptors (Lipinski definition) is 5. The normalized spacial score (nSPS) is 22.0. The van der Waals surface area contributed by atoms with E-state index >= 15 is 0 Å². The number of aromatic nitrogens is 3. The smallest absolute Gasteiger partial charge is 0.0900 e. The molecule has 0 amide bonds. The van der Waals surface area contributed by atoms with Crippen molar-refractivity contribution in [3.63, 3.8) is 0 Å². The molecule has 1 saturated heterocycles. The van der Waals surface area contributed by atoms with Crippen LogP contribution in [0.3, 0.4) is 0 Å². The van der Waals surface area contributed by atoms with E-state index in [1.165, 1.54) is 10.4 Å². The van der Waals surface area contributed by atoms with Crippen molar-refractivity contribution in [2.24, 2.45) is 13.0 Å². The maximum Gasteiger partial charge on any atom is 0.0900 e. The molecule has 3 heterocycles.